The molecule has 0 saturated carbocycles. The van der Waals surface area contributed by atoms with Crippen molar-refractivity contribution in [2.75, 3.05) is 17.2 Å². The SMILES string of the molecule is CCOc1ccccc1N[C@H](C)C(=O)Nc1ccc(Cl)cn1. The number of anilines is 2. The third-order valence-electron chi connectivity index (χ3n) is 2.93. The average molecular weight is 320 g/mol. The van der Waals surface area contributed by atoms with E-state index in [2.05, 4.69) is 15.6 Å². The highest BCUT2D eigenvalue weighted by Gasteiger charge is 2.15. The molecule has 116 valence electrons. The topological polar surface area (TPSA) is 63.2 Å². The lowest BCUT2D eigenvalue weighted by Crippen LogP contribution is -2.32. The lowest BCUT2D eigenvalue weighted by atomic mass is 10.2. The Balaban J connectivity index is 2.00. The molecule has 2 rings (SSSR count). The summed E-state index contributed by atoms with van der Waals surface area (Å²) in [6.07, 6.45) is 1.49. The zero-order valence-electron chi connectivity index (χ0n) is 12.5. The van der Waals surface area contributed by atoms with Gasteiger partial charge in [-0.1, -0.05) is 23.7 Å². The summed E-state index contributed by atoms with van der Waals surface area (Å²) in [5, 5.41) is 6.39. The van der Waals surface area contributed by atoms with Gasteiger partial charge in [-0.3, -0.25) is 4.79 Å². The van der Waals surface area contributed by atoms with E-state index in [1.807, 2.05) is 31.2 Å². The van der Waals surface area contributed by atoms with Crippen molar-refractivity contribution < 1.29 is 9.53 Å². The molecule has 2 aromatic rings. The molecule has 0 fully saturated rings. The fourth-order valence-corrected chi connectivity index (χ4v) is 1.96. The molecular weight excluding hydrogens is 302 g/mol. The van der Waals surface area contributed by atoms with Crippen LogP contribution in [0, 0.1) is 0 Å². The average Bonchev–Trinajstić information content (AvgIpc) is 2.51. The number of ether oxygens (including phenoxy) is 1. The van der Waals surface area contributed by atoms with Gasteiger partial charge in [-0.25, -0.2) is 4.98 Å². The van der Waals surface area contributed by atoms with Crippen molar-refractivity contribution in [3.8, 4) is 5.75 Å². The minimum atomic E-state index is -0.445. The third kappa shape index (κ3) is 4.36. The Morgan fingerprint density at radius 1 is 1.32 bits per heavy atom. The van der Waals surface area contributed by atoms with Gasteiger partial charge in [0.1, 0.15) is 17.6 Å². The molecule has 0 radical (unpaired) electrons. The Hall–Kier alpha value is -2.27. The molecule has 0 aliphatic rings. The third-order valence-corrected chi connectivity index (χ3v) is 3.15. The summed E-state index contributed by atoms with van der Waals surface area (Å²) < 4.78 is 5.53. The predicted molar refractivity (Wildman–Crippen MR) is 88.6 cm³/mol. The number of para-hydroxylation sites is 2. The van der Waals surface area contributed by atoms with Crippen LogP contribution in [0.15, 0.2) is 42.6 Å². The number of carbonyl (C=O) groups excluding carboxylic acids is 1. The van der Waals surface area contributed by atoms with E-state index in [0.717, 1.165) is 5.69 Å². The Labute approximate surface area is 134 Å². The number of pyridine rings is 1. The fourth-order valence-electron chi connectivity index (χ4n) is 1.85. The molecule has 0 aliphatic heterocycles. The van der Waals surface area contributed by atoms with Gasteiger partial charge in [0.15, 0.2) is 0 Å². The number of nitrogens with zero attached hydrogens (tertiary/aromatic N) is 1. The van der Waals surface area contributed by atoms with Crippen LogP contribution in [0.5, 0.6) is 5.75 Å². The highest BCUT2D eigenvalue weighted by Crippen LogP contribution is 2.24. The van der Waals surface area contributed by atoms with Gasteiger partial charge in [0.2, 0.25) is 5.91 Å². The summed E-state index contributed by atoms with van der Waals surface area (Å²) in [4.78, 5) is 16.2. The van der Waals surface area contributed by atoms with Crippen molar-refractivity contribution in [2.24, 2.45) is 0 Å². The zero-order valence-corrected chi connectivity index (χ0v) is 13.2. The maximum absolute atomic E-state index is 12.2. The van der Waals surface area contributed by atoms with Gasteiger partial charge < -0.3 is 15.4 Å². The maximum atomic E-state index is 12.2. The monoisotopic (exact) mass is 319 g/mol. The lowest BCUT2D eigenvalue weighted by Gasteiger charge is -2.17. The van der Waals surface area contributed by atoms with E-state index >= 15 is 0 Å². The van der Waals surface area contributed by atoms with Gasteiger partial charge >= 0.3 is 0 Å². The summed E-state index contributed by atoms with van der Waals surface area (Å²) >= 11 is 5.76. The second-order valence-electron chi connectivity index (χ2n) is 4.65. The van der Waals surface area contributed by atoms with Crippen molar-refractivity contribution >= 4 is 29.0 Å². The highest BCUT2D eigenvalue weighted by atomic mass is 35.5. The number of aromatic nitrogens is 1. The number of rotatable bonds is 6. The number of halogens is 1. The summed E-state index contributed by atoms with van der Waals surface area (Å²) in [5.41, 5.74) is 0.774. The molecular formula is C16H18ClN3O2. The molecule has 5 nitrogen and oxygen atoms in total. The molecule has 1 aromatic heterocycles. The van der Waals surface area contributed by atoms with Crippen molar-refractivity contribution in [2.45, 2.75) is 19.9 Å². The quantitative estimate of drug-likeness (QED) is 0.854. The van der Waals surface area contributed by atoms with Gasteiger partial charge in [0.25, 0.3) is 0 Å². The lowest BCUT2D eigenvalue weighted by molar-refractivity contribution is -0.116. The van der Waals surface area contributed by atoms with Gasteiger partial charge in [-0.2, -0.15) is 0 Å². The molecule has 0 spiro atoms. The van der Waals surface area contributed by atoms with E-state index in [0.29, 0.717) is 23.2 Å². The molecule has 22 heavy (non-hydrogen) atoms. The second-order valence-corrected chi connectivity index (χ2v) is 5.08. The van der Waals surface area contributed by atoms with Gasteiger partial charge in [-0.05, 0) is 38.1 Å². The number of carbonyl (C=O) groups is 1. The Bertz CT molecular complexity index is 632. The first-order valence-electron chi connectivity index (χ1n) is 7.01. The second kappa shape index (κ2) is 7.66. The van der Waals surface area contributed by atoms with Crippen LogP contribution in [0.2, 0.25) is 5.02 Å². The Morgan fingerprint density at radius 3 is 2.77 bits per heavy atom. The molecule has 1 aromatic carbocycles. The maximum Gasteiger partial charge on any atom is 0.247 e. The number of hydrogen-bond donors (Lipinski definition) is 2. The van der Waals surface area contributed by atoms with E-state index in [1.54, 1.807) is 19.1 Å². The largest absolute Gasteiger partial charge is 0.492 e. The summed E-state index contributed by atoms with van der Waals surface area (Å²) in [7, 11) is 0. The van der Waals surface area contributed by atoms with Gasteiger partial charge in [0, 0.05) is 6.20 Å². The van der Waals surface area contributed by atoms with Crippen LogP contribution in [0.25, 0.3) is 0 Å². The summed E-state index contributed by atoms with van der Waals surface area (Å²) in [6.45, 7) is 4.25. The first-order chi connectivity index (χ1) is 10.6. The van der Waals surface area contributed by atoms with E-state index in [9.17, 15) is 4.79 Å². The molecule has 6 heteroatoms. The molecule has 2 N–H and O–H groups in total. The minimum absolute atomic E-state index is 0.193. The molecule has 0 saturated heterocycles. The number of amides is 1. The van der Waals surface area contributed by atoms with Crippen molar-refractivity contribution in [1.29, 1.82) is 0 Å². The zero-order chi connectivity index (χ0) is 15.9. The molecule has 0 aliphatic carbocycles. The molecule has 1 atom stereocenters. The van der Waals surface area contributed by atoms with Crippen molar-refractivity contribution in [3.63, 3.8) is 0 Å². The van der Waals surface area contributed by atoms with E-state index < -0.39 is 6.04 Å². The van der Waals surface area contributed by atoms with Crippen LogP contribution in [-0.4, -0.2) is 23.5 Å². The van der Waals surface area contributed by atoms with Crippen LogP contribution in [0.4, 0.5) is 11.5 Å². The van der Waals surface area contributed by atoms with Crippen molar-refractivity contribution in [3.05, 3.63) is 47.6 Å². The van der Waals surface area contributed by atoms with Gasteiger partial charge in [0.05, 0.1) is 17.3 Å². The minimum Gasteiger partial charge on any atom is -0.492 e. The molecule has 0 bridgehead atoms. The number of hydrogen-bond acceptors (Lipinski definition) is 4. The Morgan fingerprint density at radius 2 is 2.09 bits per heavy atom. The van der Waals surface area contributed by atoms with Crippen LogP contribution >= 0.6 is 11.6 Å². The normalized spacial score (nSPS) is 11.6. The Kier molecular flexibility index (Phi) is 5.61. The van der Waals surface area contributed by atoms with Crippen molar-refractivity contribution in [1.82, 2.24) is 4.98 Å². The van der Waals surface area contributed by atoms with E-state index in [-0.39, 0.29) is 5.91 Å². The molecule has 1 amide bonds. The standard InChI is InChI=1S/C16H18ClN3O2/c1-3-22-14-7-5-4-6-13(14)19-11(2)16(21)20-15-9-8-12(17)10-18-15/h4-11,19H,3H2,1-2H3,(H,18,20,21)/t11-/m1/s1. The van der Waals surface area contributed by atoms with Gasteiger partial charge in [-0.15, -0.1) is 0 Å². The van der Waals surface area contributed by atoms with Crippen LogP contribution in [0.3, 0.4) is 0 Å². The first kappa shape index (κ1) is 16.1. The van der Waals surface area contributed by atoms with Crippen LogP contribution < -0.4 is 15.4 Å². The summed E-state index contributed by atoms with van der Waals surface area (Å²) in [5.74, 6) is 0.983. The highest BCUT2D eigenvalue weighted by molar-refractivity contribution is 6.30. The fraction of sp³-hybridized carbons (Fsp3) is 0.250. The van der Waals surface area contributed by atoms with E-state index in [4.69, 9.17) is 16.3 Å². The number of benzene rings is 1. The smallest absolute Gasteiger partial charge is 0.247 e. The first-order valence-corrected chi connectivity index (χ1v) is 7.38. The summed E-state index contributed by atoms with van der Waals surface area (Å²) in [6, 6.07) is 10.4. The predicted octanol–water partition coefficient (Wildman–Crippen LogP) is 3.57. The molecule has 1 heterocycles. The van der Waals surface area contributed by atoms with Crippen LogP contribution in [0.1, 0.15) is 13.8 Å². The van der Waals surface area contributed by atoms with E-state index in [1.165, 1.54) is 6.20 Å². The van der Waals surface area contributed by atoms with Crippen LogP contribution in [-0.2, 0) is 4.79 Å². The molecule has 0 unspecified atom stereocenters. The number of nitrogens with one attached hydrogen (secondary N) is 2.